The van der Waals surface area contributed by atoms with Crippen LogP contribution >= 0.6 is 0 Å². The Labute approximate surface area is 143 Å². The van der Waals surface area contributed by atoms with Crippen molar-refractivity contribution in [3.05, 3.63) is 23.9 Å². The molecule has 1 atom stereocenters. The van der Waals surface area contributed by atoms with E-state index in [0.717, 1.165) is 25.1 Å². The molecule has 6 nitrogen and oxygen atoms in total. The van der Waals surface area contributed by atoms with Crippen molar-refractivity contribution in [1.82, 2.24) is 15.6 Å². The van der Waals surface area contributed by atoms with Gasteiger partial charge in [-0.25, -0.2) is 4.98 Å². The Balaban J connectivity index is 1.49. The van der Waals surface area contributed by atoms with Gasteiger partial charge in [0.2, 0.25) is 5.91 Å². The number of pyridine rings is 1. The van der Waals surface area contributed by atoms with Crippen LogP contribution in [-0.4, -0.2) is 55.8 Å². The quantitative estimate of drug-likeness (QED) is 0.849. The lowest BCUT2D eigenvalue weighted by Gasteiger charge is -2.34. The highest BCUT2D eigenvalue weighted by molar-refractivity contribution is 5.82. The van der Waals surface area contributed by atoms with E-state index in [1.165, 1.54) is 6.07 Å². The molecule has 138 valence electrons. The summed E-state index contributed by atoms with van der Waals surface area (Å²) in [6, 6.07) is 2.18. The van der Waals surface area contributed by atoms with Crippen LogP contribution in [-0.2, 0) is 15.7 Å². The van der Waals surface area contributed by atoms with Gasteiger partial charge in [0.05, 0.1) is 18.8 Å². The second-order valence-corrected chi connectivity index (χ2v) is 6.25. The third kappa shape index (κ3) is 4.60. The van der Waals surface area contributed by atoms with Crippen molar-refractivity contribution >= 4 is 11.7 Å². The maximum Gasteiger partial charge on any atom is 0.417 e. The molecule has 0 spiro atoms. The van der Waals surface area contributed by atoms with Crippen LogP contribution in [0.25, 0.3) is 0 Å². The maximum atomic E-state index is 12.6. The molecule has 2 aliphatic heterocycles. The predicted octanol–water partition coefficient (Wildman–Crippen LogP) is 1.17. The first kappa shape index (κ1) is 17.9. The first-order chi connectivity index (χ1) is 11.9. The molecule has 0 aromatic carbocycles. The number of piperidine rings is 1. The van der Waals surface area contributed by atoms with Crippen LogP contribution in [0.1, 0.15) is 18.4 Å². The second-order valence-electron chi connectivity index (χ2n) is 6.25. The Morgan fingerprint density at radius 1 is 1.32 bits per heavy atom. The number of hydrogen-bond acceptors (Lipinski definition) is 5. The fourth-order valence-electron chi connectivity index (χ4n) is 3.03. The zero-order chi connectivity index (χ0) is 17.9. The molecule has 2 fully saturated rings. The summed E-state index contributed by atoms with van der Waals surface area (Å²) >= 11 is 0. The van der Waals surface area contributed by atoms with Crippen LogP contribution in [0.5, 0.6) is 0 Å². The number of hydrogen-bond donors (Lipinski definition) is 2. The molecular weight excluding hydrogens is 337 g/mol. The number of morpholine rings is 1. The predicted molar refractivity (Wildman–Crippen MR) is 85.2 cm³/mol. The van der Waals surface area contributed by atoms with Crippen LogP contribution in [0, 0.1) is 0 Å². The van der Waals surface area contributed by atoms with Crippen molar-refractivity contribution in [1.29, 1.82) is 0 Å². The number of aromatic nitrogens is 1. The molecule has 2 aliphatic rings. The van der Waals surface area contributed by atoms with Crippen LogP contribution in [0.2, 0.25) is 0 Å². The summed E-state index contributed by atoms with van der Waals surface area (Å²) in [6.45, 7) is 2.92. The Bertz CT molecular complexity index is 580. The zero-order valence-corrected chi connectivity index (χ0v) is 13.7. The number of halogens is 3. The third-order valence-corrected chi connectivity index (χ3v) is 4.48. The summed E-state index contributed by atoms with van der Waals surface area (Å²) in [5.41, 5.74) is -0.749. The minimum Gasteiger partial charge on any atom is -0.378 e. The standard InChI is InChI=1S/C16H21F3N4O2/c17-16(18,19)11-1-2-14(21-9-11)23-6-3-12(4-7-23)22-15(24)13-10-25-8-5-20-13/h1-2,9,12-13,20H,3-8,10H2,(H,22,24). The summed E-state index contributed by atoms with van der Waals surface area (Å²) in [5, 5.41) is 6.12. The molecule has 0 aliphatic carbocycles. The van der Waals surface area contributed by atoms with E-state index in [-0.39, 0.29) is 18.0 Å². The van der Waals surface area contributed by atoms with E-state index in [4.69, 9.17) is 4.74 Å². The molecule has 1 aromatic rings. The molecule has 1 aromatic heterocycles. The molecule has 0 bridgehead atoms. The molecule has 25 heavy (non-hydrogen) atoms. The molecule has 3 heterocycles. The first-order valence-corrected chi connectivity index (χ1v) is 8.33. The summed E-state index contributed by atoms with van der Waals surface area (Å²) in [4.78, 5) is 18.0. The topological polar surface area (TPSA) is 66.5 Å². The van der Waals surface area contributed by atoms with Gasteiger partial charge >= 0.3 is 6.18 Å². The van der Waals surface area contributed by atoms with E-state index >= 15 is 0 Å². The fourth-order valence-corrected chi connectivity index (χ4v) is 3.03. The van der Waals surface area contributed by atoms with E-state index in [9.17, 15) is 18.0 Å². The van der Waals surface area contributed by atoms with Crippen molar-refractivity contribution in [3.63, 3.8) is 0 Å². The second kappa shape index (κ2) is 7.57. The zero-order valence-electron chi connectivity index (χ0n) is 13.7. The first-order valence-electron chi connectivity index (χ1n) is 8.33. The van der Waals surface area contributed by atoms with Crippen LogP contribution in [0.3, 0.4) is 0 Å². The third-order valence-electron chi connectivity index (χ3n) is 4.48. The Hall–Kier alpha value is -1.87. The number of ether oxygens (including phenoxy) is 1. The van der Waals surface area contributed by atoms with Crippen LogP contribution in [0.4, 0.5) is 19.0 Å². The fraction of sp³-hybridized carbons (Fsp3) is 0.625. The van der Waals surface area contributed by atoms with Gasteiger partial charge in [0.25, 0.3) is 0 Å². The van der Waals surface area contributed by atoms with Gasteiger partial charge in [0.15, 0.2) is 0 Å². The van der Waals surface area contributed by atoms with Gasteiger partial charge in [-0.2, -0.15) is 13.2 Å². The van der Waals surface area contributed by atoms with Gasteiger partial charge in [-0.1, -0.05) is 0 Å². The molecule has 0 saturated carbocycles. The lowest BCUT2D eigenvalue weighted by atomic mass is 10.0. The highest BCUT2D eigenvalue weighted by Gasteiger charge is 2.31. The minimum atomic E-state index is -4.38. The van der Waals surface area contributed by atoms with E-state index in [1.54, 1.807) is 0 Å². The summed E-state index contributed by atoms with van der Waals surface area (Å²) in [5.74, 6) is 0.464. The summed E-state index contributed by atoms with van der Waals surface area (Å²) in [7, 11) is 0. The number of nitrogens with zero attached hydrogens (tertiary/aromatic N) is 2. The van der Waals surface area contributed by atoms with Crippen molar-refractivity contribution in [2.24, 2.45) is 0 Å². The van der Waals surface area contributed by atoms with Gasteiger partial charge in [0.1, 0.15) is 11.9 Å². The van der Waals surface area contributed by atoms with E-state index in [2.05, 4.69) is 15.6 Å². The number of rotatable bonds is 3. The average molecular weight is 358 g/mol. The van der Waals surface area contributed by atoms with Crippen LogP contribution in [0.15, 0.2) is 18.3 Å². The molecule has 3 rings (SSSR count). The number of amides is 1. The van der Waals surface area contributed by atoms with Crippen molar-refractivity contribution in [2.75, 3.05) is 37.7 Å². The number of nitrogens with one attached hydrogen (secondary N) is 2. The molecule has 2 saturated heterocycles. The highest BCUT2D eigenvalue weighted by atomic mass is 19.4. The summed E-state index contributed by atoms with van der Waals surface area (Å²) in [6.07, 6.45) is -2.07. The van der Waals surface area contributed by atoms with Gasteiger partial charge < -0.3 is 20.3 Å². The molecule has 1 unspecified atom stereocenters. The Kier molecular flexibility index (Phi) is 5.43. The number of carbonyl (C=O) groups is 1. The highest BCUT2D eigenvalue weighted by Crippen LogP contribution is 2.29. The Morgan fingerprint density at radius 3 is 2.64 bits per heavy atom. The summed E-state index contributed by atoms with van der Waals surface area (Å²) < 4.78 is 43.0. The number of carbonyl (C=O) groups excluding carboxylic acids is 1. The molecule has 1 amide bonds. The van der Waals surface area contributed by atoms with E-state index in [1.807, 2.05) is 4.90 Å². The molecule has 0 radical (unpaired) electrons. The monoisotopic (exact) mass is 358 g/mol. The van der Waals surface area contributed by atoms with E-state index < -0.39 is 11.7 Å². The van der Waals surface area contributed by atoms with Crippen molar-refractivity contribution in [3.8, 4) is 0 Å². The van der Waals surface area contributed by atoms with Crippen LogP contribution < -0.4 is 15.5 Å². The lowest BCUT2D eigenvalue weighted by Crippen LogP contribution is -2.55. The maximum absolute atomic E-state index is 12.6. The van der Waals surface area contributed by atoms with Gasteiger partial charge in [-0.3, -0.25) is 4.79 Å². The number of anilines is 1. The molecule has 9 heteroatoms. The SMILES string of the molecule is O=C(NC1CCN(c2ccc(C(F)(F)F)cn2)CC1)C1COCCN1. The van der Waals surface area contributed by atoms with Crippen molar-refractivity contribution < 1.29 is 22.7 Å². The largest absolute Gasteiger partial charge is 0.417 e. The number of alkyl halides is 3. The van der Waals surface area contributed by atoms with Gasteiger partial charge in [-0.05, 0) is 25.0 Å². The molecule has 2 N–H and O–H groups in total. The lowest BCUT2D eigenvalue weighted by molar-refractivity contribution is -0.137. The smallest absolute Gasteiger partial charge is 0.378 e. The Morgan fingerprint density at radius 2 is 2.08 bits per heavy atom. The van der Waals surface area contributed by atoms with Gasteiger partial charge in [-0.15, -0.1) is 0 Å². The molecular formula is C16H21F3N4O2. The average Bonchev–Trinajstić information content (AvgIpc) is 2.62. The van der Waals surface area contributed by atoms with Crippen molar-refractivity contribution in [2.45, 2.75) is 31.1 Å². The van der Waals surface area contributed by atoms with Gasteiger partial charge in [0, 0.05) is 31.9 Å². The minimum absolute atomic E-state index is 0.0573. The normalized spacial score (nSPS) is 22.7. The van der Waals surface area contributed by atoms with E-state index in [0.29, 0.717) is 38.7 Å².